The highest BCUT2D eigenvalue weighted by Crippen LogP contribution is 2.31. The van der Waals surface area contributed by atoms with Gasteiger partial charge in [0.15, 0.2) is 6.61 Å². The van der Waals surface area contributed by atoms with Gasteiger partial charge in [-0.25, -0.2) is 4.79 Å². The van der Waals surface area contributed by atoms with Crippen LogP contribution in [0.15, 0.2) is 24.3 Å². The topological polar surface area (TPSA) is 60.8 Å². The summed E-state index contributed by atoms with van der Waals surface area (Å²) >= 11 is 6.16. The molecule has 0 spiro atoms. The molecule has 1 aliphatic rings. The molecule has 0 N–H and O–H groups in total. The number of hydrogen-bond acceptors (Lipinski definition) is 4. The first-order valence-corrected chi connectivity index (χ1v) is 10.2. The number of aromatic nitrogens is 1. The predicted molar refractivity (Wildman–Crippen MR) is 112 cm³/mol. The standard InChI is InChI=1S/C22H27ClN2O4/c1-14-6-5-9-24(12-14)21(26)13-29-22(27)18-10-15(2)25(16(18)3)19-11-17(23)7-8-20(19)28-4/h7-8,10-11,14H,5-6,9,12-13H2,1-4H3/t14-/m1/s1. The maximum absolute atomic E-state index is 12.7. The summed E-state index contributed by atoms with van der Waals surface area (Å²) in [6.45, 7) is 7.06. The Bertz CT molecular complexity index is 922. The quantitative estimate of drug-likeness (QED) is 0.683. The smallest absolute Gasteiger partial charge is 0.340 e. The van der Waals surface area contributed by atoms with Crippen LogP contribution in [0.3, 0.4) is 0 Å². The zero-order chi connectivity index (χ0) is 21.1. The Morgan fingerprint density at radius 3 is 2.69 bits per heavy atom. The van der Waals surface area contributed by atoms with Gasteiger partial charge >= 0.3 is 5.97 Å². The number of nitrogens with zero attached hydrogens (tertiary/aromatic N) is 2. The predicted octanol–water partition coefficient (Wildman–Crippen LogP) is 4.17. The van der Waals surface area contributed by atoms with Crippen LogP contribution in [0, 0.1) is 19.8 Å². The molecule has 0 aliphatic carbocycles. The van der Waals surface area contributed by atoms with Crippen molar-refractivity contribution < 1.29 is 19.1 Å². The summed E-state index contributed by atoms with van der Waals surface area (Å²) in [5.41, 5.74) is 2.70. The van der Waals surface area contributed by atoms with E-state index in [0.717, 1.165) is 37.3 Å². The molecule has 0 bridgehead atoms. The number of aryl methyl sites for hydroxylation is 1. The lowest BCUT2D eigenvalue weighted by Crippen LogP contribution is -2.41. The zero-order valence-corrected chi connectivity index (χ0v) is 18.1. The summed E-state index contributed by atoms with van der Waals surface area (Å²) in [6, 6.07) is 7.08. The van der Waals surface area contributed by atoms with Gasteiger partial charge in [0.25, 0.3) is 5.91 Å². The molecule has 6 nitrogen and oxygen atoms in total. The van der Waals surface area contributed by atoms with Gasteiger partial charge in [-0.05, 0) is 56.9 Å². The van der Waals surface area contributed by atoms with Gasteiger partial charge < -0.3 is 18.9 Å². The number of halogens is 1. The van der Waals surface area contributed by atoms with E-state index in [2.05, 4.69) is 6.92 Å². The summed E-state index contributed by atoms with van der Waals surface area (Å²) in [7, 11) is 1.59. The number of rotatable bonds is 5. The van der Waals surface area contributed by atoms with E-state index in [0.29, 0.717) is 27.9 Å². The van der Waals surface area contributed by atoms with Crippen molar-refractivity contribution in [3.8, 4) is 11.4 Å². The van der Waals surface area contributed by atoms with Crippen LogP contribution < -0.4 is 4.74 Å². The van der Waals surface area contributed by atoms with E-state index in [1.54, 1.807) is 36.3 Å². The Kier molecular flexibility index (Phi) is 6.52. The highest BCUT2D eigenvalue weighted by atomic mass is 35.5. The number of carbonyl (C=O) groups is 2. The number of amides is 1. The molecule has 1 aromatic heterocycles. The minimum absolute atomic E-state index is 0.143. The molecule has 1 aromatic carbocycles. The molecule has 1 saturated heterocycles. The fourth-order valence-corrected chi connectivity index (χ4v) is 4.06. The first kappa shape index (κ1) is 21.2. The van der Waals surface area contributed by atoms with E-state index in [1.165, 1.54) is 0 Å². The highest BCUT2D eigenvalue weighted by molar-refractivity contribution is 6.30. The molecule has 156 valence electrons. The fourth-order valence-electron chi connectivity index (χ4n) is 3.89. The number of esters is 1. The number of likely N-dealkylation sites (tertiary alicyclic amines) is 1. The zero-order valence-electron chi connectivity index (χ0n) is 17.3. The summed E-state index contributed by atoms with van der Waals surface area (Å²) in [6.07, 6.45) is 2.12. The van der Waals surface area contributed by atoms with E-state index in [9.17, 15) is 9.59 Å². The number of methoxy groups -OCH3 is 1. The summed E-state index contributed by atoms with van der Waals surface area (Å²) in [4.78, 5) is 26.8. The van der Waals surface area contributed by atoms with Gasteiger partial charge in [-0.1, -0.05) is 18.5 Å². The average molecular weight is 419 g/mol. The lowest BCUT2D eigenvalue weighted by Gasteiger charge is -2.30. The normalized spacial score (nSPS) is 16.6. The molecule has 3 rings (SSSR count). The molecule has 0 radical (unpaired) electrons. The van der Waals surface area contributed by atoms with Gasteiger partial charge in [0, 0.05) is 29.5 Å². The van der Waals surface area contributed by atoms with Crippen molar-refractivity contribution in [2.24, 2.45) is 5.92 Å². The van der Waals surface area contributed by atoms with Crippen LogP contribution in [-0.2, 0) is 9.53 Å². The lowest BCUT2D eigenvalue weighted by atomic mass is 10.0. The first-order chi connectivity index (χ1) is 13.8. The number of hydrogen-bond donors (Lipinski definition) is 0. The SMILES string of the molecule is COc1ccc(Cl)cc1-n1c(C)cc(C(=O)OCC(=O)N2CCC[C@@H](C)C2)c1C. The third-order valence-electron chi connectivity index (χ3n) is 5.37. The maximum atomic E-state index is 12.7. The second kappa shape index (κ2) is 8.91. The number of carbonyl (C=O) groups excluding carboxylic acids is 2. The van der Waals surface area contributed by atoms with Crippen LogP contribution in [0.2, 0.25) is 5.02 Å². The third-order valence-corrected chi connectivity index (χ3v) is 5.60. The number of benzene rings is 1. The second-order valence-electron chi connectivity index (χ2n) is 7.60. The van der Waals surface area contributed by atoms with Crippen molar-refractivity contribution in [2.75, 3.05) is 26.8 Å². The van der Waals surface area contributed by atoms with Gasteiger partial charge in [-0.3, -0.25) is 4.79 Å². The first-order valence-electron chi connectivity index (χ1n) is 9.79. The minimum atomic E-state index is -0.510. The lowest BCUT2D eigenvalue weighted by molar-refractivity contribution is -0.136. The van der Waals surface area contributed by atoms with E-state index in [1.807, 2.05) is 18.4 Å². The second-order valence-corrected chi connectivity index (χ2v) is 8.04. The highest BCUT2D eigenvalue weighted by Gasteiger charge is 2.24. The van der Waals surface area contributed by atoms with Gasteiger partial charge in [0.05, 0.1) is 18.4 Å². The third kappa shape index (κ3) is 4.58. The van der Waals surface area contributed by atoms with Crippen molar-refractivity contribution >= 4 is 23.5 Å². The van der Waals surface area contributed by atoms with Crippen molar-refractivity contribution in [3.63, 3.8) is 0 Å². The molecule has 1 fully saturated rings. The molecule has 1 atom stereocenters. The van der Waals surface area contributed by atoms with Crippen molar-refractivity contribution in [3.05, 3.63) is 46.2 Å². The van der Waals surface area contributed by atoms with Gasteiger partial charge in [0.1, 0.15) is 5.75 Å². The van der Waals surface area contributed by atoms with Crippen molar-refractivity contribution in [1.82, 2.24) is 9.47 Å². The van der Waals surface area contributed by atoms with Crippen LogP contribution in [0.25, 0.3) is 5.69 Å². The molecular weight excluding hydrogens is 392 g/mol. The Morgan fingerprint density at radius 2 is 2.00 bits per heavy atom. The molecule has 7 heteroatoms. The van der Waals surface area contributed by atoms with E-state index < -0.39 is 5.97 Å². The van der Waals surface area contributed by atoms with Crippen LogP contribution in [0.4, 0.5) is 0 Å². The average Bonchev–Trinajstić information content (AvgIpc) is 2.99. The molecular formula is C22H27ClN2O4. The van der Waals surface area contributed by atoms with Gasteiger partial charge in [0.2, 0.25) is 0 Å². The Morgan fingerprint density at radius 1 is 1.24 bits per heavy atom. The molecule has 1 aliphatic heterocycles. The van der Waals surface area contributed by atoms with Gasteiger partial charge in [-0.2, -0.15) is 0 Å². The van der Waals surface area contributed by atoms with E-state index in [-0.39, 0.29) is 12.5 Å². The fraction of sp³-hybridized carbons (Fsp3) is 0.455. The largest absolute Gasteiger partial charge is 0.495 e. The molecule has 1 amide bonds. The Balaban J connectivity index is 1.77. The molecule has 2 aromatic rings. The molecule has 0 unspecified atom stereocenters. The van der Waals surface area contributed by atoms with Crippen LogP contribution in [0.1, 0.15) is 41.5 Å². The van der Waals surface area contributed by atoms with Crippen molar-refractivity contribution in [2.45, 2.75) is 33.6 Å². The Hall–Kier alpha value is -2.47. The molecule has 29 heavy (non-hydrogen) atoms. The van der Waals surface area contributed by atoms with Crippen LogP contribution in [-0.4, -0.2) is 48.1 Å². The monoisotopic (exact) mass is 418 g/mol. The number of ether oxygens (including phenoxy) is 2. The van der Waals surface area contributed by atoms with Crippen LogP contribution in [0.5, 0.6) is 5.75 Å². The summed E-state index contributed by atoms with van der Waals surface area (Å²) in [5, 5.41) is 0.568. The molecule has 2 heterocycles. The summed E-state index contributed by atoms with van der Waals surface area (Å²) in [5.74, 6) is 0.472. The van der Waals surface area contributed by atoms with E-state index in [4.69, 9.17) is 21.1 Å². The number of piperidine rings is 1. The van der Waals surface area contributed by atoms with Gasteiger partial charge in [-0.15, -0.1) is 0 Å². The summed E-state index contributed by atoms with van der Waals surface area (Å²) < 4.78 is 12.7. The maximum Gasteiger partial charge on any atom is 0.340 e. The Labute approximate surface area is 176 Å². The molecule has 0 saturated carbocycles. The minimum Gasteiger partial charge on any atom is -0.495 e. The van der Waals surface area contributed by atoms with E-state index >= 15 is 0 Å². The van der Waals surface area contributed by atoms with Crippen molar-refractivity contribution in [1.29, 1.82) is 0 Å². The van der Waals surface area contributed by atoms with Crippen LogP contribution >= 0.6 is 11.6 Å².